The number of hydrogen-bond donors (Lipinski definition) is 1. The molecule has 0 aliphatic carbocycles. The molecule has 3 rings (SSSR count). The Hall–Kier alpha value is -2.02. The number of methoxy groups -OCH3 is 1. The van der Waals surface area contributed by atoms with Gasteiger partial charge in [-0.2, -0.15) is 0 Å². The van der Waals surface area contributed by atoms with E-state index >= 15 is 0 Å². The Labute approximate surface area is 149 Å². The molecule has 4 nitrogen and oxygen atoms in total. The van der Waals surface area contributed by atoms with Gasteiger partial charge in [0.15, 0.2) is 0 Å². The van der Waals surface area contributed by atoms with E-state index < -0.39 is 0 Å². The molecule has 0 radical (unpaired) electrons. The van der Waals surface area contributed by atoms with Crippen molar-refractivity contribution in [1.82, 2.24) is 10.3 Å². The number of rotatable bonds is 6. The van der Waals surface area contributed by atoms with E-state index in [-0.39, 0.29) is 12.0 Å². The number of benzene rings is 1. The van der Waals surface area contributed by atoms with Gasteiger partial charge < -0.3 is 10.1 Å². The number of thiophene rings is 1. The lowest BCUT2D eigenvalue weighted by atomic mass is 10.1. The van der Waals surface area contributed by atoms with Gasteiger partial charge in [-0.25, -0.2) is 4.98 Å². The molecule has 0 saturated heterocycles. The number of carbonyl (C=O) groups is 1. The maximum Gasteiger partial charge on any atom is 0.263 e. The Morgan fingerprint density at radius 1 is 1.25 bits per heavy atom. The Bertz CT molecular complexity index is 798. The van der Waals surface area contributed by atoms with Crippen molar-refractivity contribution in [3.05, 3.63) is 64.0 Å². The van der Waals surface area contributed by atoms with Crippen molar-refractivity contribution >= 4 is 28.6 Å². The summed E-state index contributed by atoms with van der Waals surface area (Å²) in [5.74, 6) is -0.106. The Morgan fingerprint density at radius 2 is 2.04 bits per heavy atom. The Kier molecular flexibility index (Phi) is 5.40. The second-order valence-corrected chi connectivity index (χ2v) is 7.20. The summed E-state index contributed by atoms with van der Waals surface area (Å²) in [6.45, 7) is 2.29. The van der Waals surface area contributed by atoms with Crippen LogP contribution in [-0.4, -0.2) is 24.5 Å². The van der Waals surface area contributed by atoms with E-state index in [1.165, 1.54) is 11.3 Å². The number of thiazole rings is 1. The van der Waals surface area contributed by atoms with Gasteiger partial charge >= 0.3 is 0 Å². The first-order valence-electron chi connectivity index (χ1n) is 7.56. The number of nitrogens with one attached hydrogen (secondary N) is 1. The fraction of sp³-hybridized carbons (Fsp3) is 0.222. The Balaban J connectivity index is 1.69. The molecule has 1 unspecified atom stereocenters. The van der Waals surface area contributed by atoms with Crippen LogP contribution in [0, 0.1) is 6.92 Å². The van der Waals surface area contributed by atoms with E-state index in [4.69, 9.17) is 4.74 Å². The molecule has 1 aromatic carbocycles. The lowest BCUT2D eigenvalue weighted by Gasteiger charge is -2.16. The summed E-state index contributed by atoms with van der Waals surface area (Å²) in [6, 6.07) is 13.9. The highest BCUT2D eigenvalue weighted by atomic mass is 32.1. The predicted molar refractivity (Wildman–Crippen MR) is 98.7 cm³/mol. The van der Waals surface area contributed by atoms with Crippen LogP contribution in [-0.2, 0) is 4.74 Å². The fourth-order valence-corrected chi connectivity index (χ4v) is 4.16. The van der Waals surface area contributed by atoms with Crippen molar-refractivity contribution in [2.45, 2.75) is 13.0 Å². The lowest BCUT2D eigenvalue weighted by Crippen LogP contribution is -2.29. The van der Waals surface area contributed by atoms with Crippen LogP contribution in [0.5, 0.6) is 0 Å². The summed E-state index contributed by atoms with van der Waals surface area (Å²) in [6.07, 6.45) is -0.167. The van der Waals surface area contributed by atoms with Crippen molar-refractivity contribution < 1.29 is 9.53 Å². The quantitative estimate of drug-likeness (QED) is 0.715. The first-order chi connectivity index (χ1) is 11.7. The van der Waals surface area contributed by atoms with Crippen molar-refractivity contribution in [2.75, 3.05) is 13.7 Å². The molecule has 1 amide bonds. The van der Waals surface area contributed by atoms with Gasteiger partial charge in [0, 0.05) is 13.7 Å². The van der Waals surface area contributed by atoms with Gasteiger partial charge in [0.2, 0.25) is 0 Å². The number of hydrogen-bond acceptors (Lipinski definition) is 5. The minimum Gasteiger partial charge on any atom is -0.375 e. The van der Waals surface area contributed by atoms with E-state index in [9.17, 15) is 4.79 Å². The highest BCUT2D eigenvalue weighted by Crippen LogP contribution is 2.31. The Morgan fingerprint density at radius 3 is 2.71 bits per heavy atom. The van der Waals surface area contributed by atoms with Crippen LogP contribution in [0.2, 0.25) is 0 Å². The molecule has 1 atom stereocenters. The minimum absolute atomic E-state index is 0.106. The average Bonchev–Trinajstić information content (AvgIpc) is 3.25. The first kappa shape index (κ1) is 16.8. The second-order valence-electron chi connectivity index (χ2n) is 5.26. The zero-order valence-corrected chi connectivity index (χ0v) is 15.1. The van der Waals surface area contributed by atoms with Gasteiger partial charge in [-0.1, -0.05) is 36.4 Å². The van der Waals surface area contributed by atoms with Gasteiger partial charge in [-0.15, -0.1) is 22.7 Å². The van der Waals surface area contributed by atoms with E-state index in [0.717, 1.165) is 21.1 Å². The third-order valence-corrected chi connectivity index (χ3v) is 5.83. The van der Waals surface area contributed by atoms with E-state index in [1.807, 2.05) is 54.8 Å². The van der Waals surface area contributed by atoms with E-state index in [0.29, 0.717) is 11.4 Å². The minimum atomic E-state index is -0.167. The molecule has 24 heavy (non-hydrogen) atoms. The first-order valence-corrected chi connectivity index (χ1v) is 9.26. The lowest BCUT2D eigenvalue weighted by molar-refractivity contribution is 0.0830. The molecule has 2 aromatic heterocycles. The van der Waals surface area contributed by atoms with E-state index in [2.05, 4.69) is 10.3 Å². The average molecular weight is 358 g/mol. The summed E-state index contributed by atoms with van der Waals surface area (Å²) < 4.78 is 5.49. The molecule has 124 valence electrons. The van der Waals surface area contributed by atoms with Crippen LogP contribution < -0.4 is 5.32 Å². The number of aromatic nitrogens is 1. The molecular formula is C18H18N2O2S2. The highest BCUT2D eigenvalue weighted by Gasteiger charge is 2.18. The number of nitrogens with zero attached hydrogens (tertiary/aromatic N) is 1. The second kappa shape index (κ2) is 7.70. The zero-order valence-electron chi connectivity index (χ0n) is 13.5. The normalized spacial score (nSPS) is 12.1. The van der Waals surface area contributed by atoms with Gasteiger partial charge in [-0.05, 0) is 23.9 Å². The maximum atomic E-state index is 12.5. The standard InChI is InChI=1S/C18H18N2O2S2/c1-12-16(24-18(20-12)15-9-6-10-23-15)17(21)19-11-14(22-2)13-7-4-3-5-8-13/h3-10,14H,11H2,1-2H3,(H,19,21). The third kappa shape index (κ3) is 3.72. The van der Waals surface area contributed by atoms with Crippen LogP contribution in [0.15, 0.2) is 47.8 Å². The van der Waals surface area contributed by atoms with Crippen LogP contribution in [0.1, 0.15) is 27.0 Å². The van der Waals surface area contributed by atoms with Gasteiger partial charge in [0.1, 0.15) is 9.88 Å². The summed E-state index contributed by atoms with van der Waals surface area (Å²) in [7, 11) is 1.65. The number of ether oxygens (including phenoxy) is 1. The van der Waals surface area contributed by atoms with E-state index in [1.54, 1.807) is 18.4 Å². The van der Waals surface area contributed by atoms with Crippen LogP contribution in [0.3, 0.4) is 0 Å². The van der Waals surface area contributed by atoms with Crippen molar-refractivity contribution in [3.8, 4) is 9.88 Å². The topological polar surface area (TPSA) is 51.2 Å². The molecule has 0 fully saturated rings. The highest BCUT2D eigenvalue weighted by molar-refractivity contribution is 7.22. The van der Waals surface area contributed by atoms with Crippen molar-refractivity contribution in [2.24, 2.45) is 0 Å². The molecule has 0 aliphatic rings. The molecule has 0 saturated carbocycles. The van der Waals surface area contributed by atoms with Gasteiger partial charge in [0.05, 0.1) is 16.7 Å². The fourth-order valence-electron chi connectivity index (χ4n) is 2.38. The number of carbonyl (C=O) groups excluding carboxylic acids is 1. The molecule has 0 aliphatic heterocycles. The molecule has 3 aromatic rings. The van der Waals surface area contributed by atoms with Crippen molar-refractivity contribution in [1.29, 1.82) is 0 Å². The van der Waals surface area contributed by atoms with Crippen LogP contribution in [0.25, 0.3) is 9.88 Å². The van der Waals surface area contributed by atoms with Crippen LogP contribution >= 0.6 is 22.7 Å². The largest absolute Gasteiger partial charge is 0.375 e. The van der Waals surface area contributed by atoms with Crippen molar-refractivity contribution in [3.63, 3.8) is 0 Å². The molecule has 1 N–H and O–H groups in total. The molecule has 0 bridgehead atoms. The van der Waals surface area contributed by atoms with Gasteiger partial charge in [-0.3, -0.25) is 4.79 Å². The smallest absolute Gasteiger partial charge is 0.263 e. The molecular weight excluding hydrogens is 340 g/mol. The maximum absolute atomic E-state index is 12.5. The summed E-state index contributed by atoms with van der Waals surface area (Å²) in [5.41, 5.74) is 1.80. The summed E-state index contributed by atoms with van der Waals surface area (Å²) >= 11 is 3.05. The third-order valence-electron chi connectivity index (χ3n) is 3.64. The summed E-state index contributed by atoms with van der Waals surface area (Å²) in [5, 5.41) is 5.85. The molecule has 6 heteroatoms. The number of aryl methyl sites for hydroxylation is 1. The summed E-state index contributed by atoms with van der Waals surface area (Å²) in [4.78, 5) is 18.8. The monoisotopic (exact) mass is 358 g/mol. The zero-order chi connectivity index (χ0) is 16.9. The van der Waals surface area contributed by atoms with Crippen LogP contribution in [0.4, 0.5) is 0 Å². The number of amides is 1. The van der Waals surface area contributed by atoms with Gasteiger partial charge in [0.25, 0.3) is 5.91 Å². The SMILES string of the molecule is COC(CNC(=O)c1sc(-c2cccs2)nc1C)c1ccccc1. The molecule has 2 heterocycles. The molecule has 0 spiro atoms. The predicted octanol–water partition coefficient (Wildman–Crippen LogP) is 4.30.